The van der Waals surface area contributed by atoms with Gasteiger partial charge in [0, 0.05) is 35.9 Å². The van der Waals surface area contributed by atoms with Crippen molar-refractivity contribution in [2.75, 3.05) is 11.9 Å². The molecule has 3 N–H and O–H groups in total. The van der Waals surface area contributed by atoms with E-state index in [4.69, 9.17) is 10.7 Å². The number of rotatable bonds is 5. The highest BCUT2D eigenvalue weighted by molar-refractivity contribution is 5.73. The van der Waals surface area contributed by atoms with E-state index in [1.165, 1.54) is 44.2 Å². The molecule has 0 unspecified atom stereocenters. The molecule has 1 saturated carbocycles. The first-order valence-electron chi connectivity index (χ1n) is 10.7. The van der Waals surface area contributed by atoms with Gasteiger partial charge in [0.2, 0.25) is 0 Å². The number of halogens is 1. The Bertz CT molecular complexity index is 872. The van der Waals surface area contributed by atoms with Gasteiger partial charge in [-0.3, -0.25) is 0 Å². The summed E-state index contributed by atoms with van der Waals surface area (Å²) >= 11 is 0. The van der Waals surface area contributed by atoms with E-state index in [9.17, 15) is 4.39 Å². The molecule has 0 atom stereocenters. The predicted molar refractivity (Wildman–Crippen MR) is 116 cm³/mol. The molecule has 4 rings (SSSR count). The van der Waals surface area contributed by atoms with Gasteiger partial charge in [-0.1, -0.05) is 25.8 Å². The van der Waals surface area contributed by atoms with E-state index in [0.29, 0.717) is 12.6 Å². The molecule has 156 valence electrons. The number of benzene rings is 1. The van der Waals surface area contributed by atoms with Crippen LogP contribution in [0.5, 0.6) is 0 Å². The zero-order valence-corrected chi connectivity index (χ0v) is 17.5. The molecule has 6 heteroatoms. The van der Waals surface area contributed by atoms with Crippen molar-refractivity contribution < 1.29 is 4.39 Å². The largest absolute Gasteiger partial charge is 0.367 e. The van der Waals surface area contributed by atoms with Gasteiger partial charge in [0.25, 0.3) is 0 Å². The molecule has 2 aliphatic rings. The zero-order valence-electron chi connectivity index (χ0n) is 17.5. The topological polar surface area (TPSA) is 59.1 Å². The molecule has 29 heavy (non-hydrogen) atoms. The average Bonchev–Trinajstić information content (AvgIpc) is 3.05. The molecule has 2 aromatic rings. The second kappa shape index (κ2) is 7.82. The molecule has 1 fully saturated rings. The van der Waals surface area contributed by atoms with Crippen LogP contribution < -0.4 is 11.1 Å². The van der Waals surface area contributed by atoms with Crippen molar-refractivity contribution >= 4 is 5.82 Å². The quantitative estimate of drug-likeness (QED) is 0.780. The highest BCUT2D eigenvalue weighted by Crippen LogP contribution is 2.34. The van der Waals surface area contributed by atoms with Gasteiger partial charge in [-0.25, -0.2) is 9.37 Å². The molecular formula is C23H32FN5. The Kier molecular flexibility index (Phi) is 5.38. The minimum Gasteiger partial charge on any atom is -0.367 e. The lowest BCUT2D eigenvalue weighted by molar-refractivity contribution is 0.243. The molecule has 5 nitrogen and oxygen atoms in total. The first-order valence-corrected chi connectivity index (χ1v) is 10.7. The summed E-state index contributed by atoms with van der Waals surface area (Å²) in [5.74, 6) is 1.84. The maximum Gasteiger partial charge on any atom is 0.134 e. The van der Waals surface area contributed by atoms with Gasteiger partial charge in [0.1, 0.15) is 23.2 Å². The zero-order chi connectivity index (χ0) is 20.6. The van der Waals surface area contributed by atoms with Crippen molar-refractivity contribution in [3.05, 3.63) is 48.2 Å². The molecule has 0 bridgehead atoms. The molecule has 0 radical (unpaired) electrons. The van der Waals surface area contributed by atoms with Gasteiger partial charge in [0.05, 0.1) is 6.54 Å². The van der Waals surface area contributed by atoms with E-state index in [-0.39, 0.29) is 5.82 Å². The van der Waals surface area contributed by atoms with Gasteiger partial charge in [-0.05, 0) is 51.0 Å². The van der Waals surface area contributed by atoms with Crippen molar-refractivity contribution in [3.8, 4) is 11.3 Å². The van der Waals surface area contributed by atoms with Gasteiger partial charge in [0.15, 0.2) is 0 Å². The Morgan fingerprint density at radius 1 is 1.17 bits per heavy atom. The molecule has 1 aliphatic carbocycles. The van der Waals surface area contributed by atoms with Crippen LogP contribution in [0.4, 0.5) is 10.2 Å². The lowest BCUT2D eigenvalue weighted by atomic mass is 9.95. The summed E-state index contributed by atoms with van der Waals surface area (Å²) in [6, 6.07) is 7.11. The first-order chi connectivity index (χ1) is 13.8. The minimum atomic E-state index is -0.461. The van der Waals surface area contributed by atoms with Crippen molar-refractivity contribution in [2.24, 2.45) is 5.73 Å². The number of hydrogen-bond donors (Lipinski definition) is 2. The molecular weight excluding hydrogens is 365 g/mol. The highest BCUT2D eigenvalue weighted by Gasteiger charge is 2.29. The second-order valence-electron chi connectivity index (χ2n) is 8.95. The summed E-state index contributed by atoms with van der Waals surface area (Å²) < 4.78 is 15.8. The summed E-state index contributed by atoms with van der Waals surface area (Å²) in [6.07, 6.45) is 6.23. The highest BCUT2D eigenvalue weighted by atomic mass is 19.1. The average molecular weight is 398 g/mol. The Hall–Kier alpha value is -2.34. The fraction of sp³-hybridized carbons (Fsp3) is 0.522. The van der Waals surface area contributed by atoms with Crippen LogP contribution in [0.3, 0.4) is 0 Å². The molecule has 1 aromatic heterocycles. The van der Waals surface area contributed by atoms with E-state index >= 15 is 0 Å². The van der Waals surface area contributed by atoms with E-state index in [1.54, 1.807) is 0 Å². The Balaban J connectivity index is 1.68. The second-order valence-corrected chi connectivity index (χ2v) is 8.95. The number of aromatic nitrogens is 2. The van der Waals surface area contributed by atoms with E-state index in [2.05, 4.69) is 21.4 Å². The summed E-state index contributed by atoms with van der Waals surface area (Å²) in [4.78, 5) is 7.21. The van der Waals surface area contributed by atoms with Crippen LogP contribution in [0.15, 0.2) is 36.5 Å². The SMILES string of the molecule is C=C(N1CCn2c(nc(-c3ccc(F)cc3)c2NC2CCCCC2)C1)C(C)(C)N. The third kappa shape index (κ3) is 4.17. The first kappa shape index (κ1) is 20.0. The third-order valence-electron chi connectivity index (χ3n) is 6.16. The normalized spacial score (nSPS) is 17.9. The number of nitrogens with one attached hydrogen (secondary N) is 1. The van der Waals surface area contributed by atoms with Crippen LogP contribution in [-0.4, -0.2) is 32.6 Å². The summed E-state index contributed by atoms with van der Waals surface area (Å²) in [5, 5.41) is 3.79. The predicted octanol–water partition coefficient (Wildman–Crippen LogP) is 4.50. The van der Waals surface area contributed by atoms with Gasteiger partial charge < -0.3 is 20.5 Å². The van der Waals surface area contributed by atoms with Crippen LogP contribution in [0.2, 0.25) is 0 Å². The van der Waals surface area contributed by atoms with Crippen LogP contribution in [0.25, 0.3) is 11.3 Å². The standard InChI is InChI=1S/C23H32FN5/c1-16(23(2,3)25)28-13-14-29-20(15-28)27-21(17-9-11-18(24)12-10-17)22(29)26-19-7-5-4-6-8-19/h9-12,19,26H,1,4-8,13-15,25H2,2-3H3. The number of nitrogens with zero attached hydrogens (tertiary/aromatic N) is 3. The third-order valence-corrected chi connectivity index (χ3v) is 6.16. The van der Waals surface area contributed by atoms with Crippen molar-refractivity contribution in [3.63, 3.8) is 0 Å². The summed E-state index contributed by atoms with van der Waals surface area (Å²) in [7, 11) is 0. The number of fused-ring (bicyclic) bond motifs is 1. The van der Waals surface area contributed by atoms with E-state index in [0.717, 1.165) is 41.7 Å². The molecule has 0 saturated heterocycles. The molecule has 1 aromatic carbocycles. The van der Waals surface area contributed by atoms with Crippen LogP contribution in [0.1, 0.15) is 51.8 Å². The number of imidazole rings is 1. The Labute approximate surface area is 172 Å². The maximum atomic E-state index is 13.5. The number of hydrogen-bond acceptors (Lipinski definition) is 4. The van der Waals surface area contributed by atoms with Gasteiger partial charge in [-0.2, -0.15) is 0 Å². The van der Waals surface area contributed by atoms with Crippen LogP contribution in [-0.2, 0) is 13.1 Å². The molecule has 0 amide bonds. The maximum absolute atomic E-state index is 13.5. The number of anilines is 1. The smallest absolute Gasteiger partial charge is 0.134 e. The molecule has 2 heterocycles. The lowest BCUT2D eigenvalue weighted by Crippen LogP contribution is -2.45. The fourth-order valence-electron chi connectivity index (χ4n) is 4.36. The summed E-state index contributed by atoms with van der Waals surface area (Å²) in [5.41, 5.74) is 8.59. The Morgan fingerprint density at radius 3 is 2.52 bits per heavy atom. The van der Waals surface area contributed by atoms with E-state index in [1.807, 2.05) is 26.0 Å². The van der Waals surface area contributed by atoms with Crippen LogP contribution in [0, 0.1) is 5.82 Å². The summed E-state index contributed by atoms with van der Waals surface area (Å²) in [6.45, 7) is 10.5. The fourth-order valence-corrected chi connectivity index (χ4v) is 4.36. The lowest BCUT2D eigenvalue weighted by Gasteiger charge is -2.37. The Morgan fingerprint density at radius 2 is 1.86 bits per heavy atom. The van der Waals surface area contributed by atoms with Crippen molar-refractivity contribution in [2.45, 2.75) is 70.6 Å². The van der Waals surface area contributed by atoms with Gasteiger partial charge >= 0.3 is 0 Å². The van der Waals surface area contributed by atoms with Crippen molar-refractivity contribution in [1.29, 1.82) is 0 Å². The van der Waals surface area contributed by atoms with Crippen LogP contribution >= 0.6 is 0 Å². The van der Waals surface area contributed by atoms with Gasteiger partial charge in [-0.15, -0.1) is 0 Å². The monoisotopic (exact) mass is 397 g/mol. The van der Waals surface area contributed by atoms with E-state index < -0.39 is 5.54 Å². The molecule has 0 spiro atoms. The number of nitrogens with two attached hydrogens (primary N) is 1. The molecule has 1 aliphatic heterocycles. The van der Waals surface area contributed by atoms with Crippen molar-refractivity contribution in [1.82, 2.24) is 14.5 Å². The minimum absolute atomic E-state index is 0.229.